The number of nitrogens with two attached hydrogens (primary N) is 1. The molecule has 3 aliphatic rings. The summed E-state index contributed by atoms with van der Waals surface area (Å²) in [6.45, 7) is 3.80. The molecule has 32 nitrogen and oxygen atoms in total. The third-order valence-electron chi connectivity index (χ3n) is 15.3. The number of fused-ring (bicyclic) bond motifs is 2. The first-order valence-electron chi connectivity index (χ1n) is 28.5. The molecular weight excluding hydrogens is 1230 g/mol. The monoisotopic (exact) mass is 1300 g/mol. The average molecular weight is 1300 g/mol. The number of primary amides is 1. The van der Waals surface area contributed by atoms with Crippen LogP contribution in [0.4, 0.5) is 0 Å². The molecule has 15 atom stereocenters. The third kappa shape index (κ3) is 17.3. The number of carbonyl (C=O) groups excluding carboxylic acids is 8. The summed E-state index contributed by atoms with van der Waals surface area (Å²) in [7, 11) is -5.35. The number of aliphatic hydroxyl groups excluding tert-OH is 8. The van der Waals surface area contributed by atoms with Crippen LogP contribution in [0.5, 0.6) is 17.2 Å². The molecule has 17 N–H and O–H groups in total. The van der Waals surface area contributed by atoms with Crippen LogP contribution in [0.25, 0.3) is 21.1 Å². The van der Waals surface area contributed by atoms with Crippen molar-refractivity contribution in [3.8, 4) is 38.4 Å². The van der Waals surface area contributed by atoms with Crippen LogP contribution in [0, 0.1) is 5.92 Å². The molecule has 3 aliphatic heterocycles. The zero-order valence-corrected chi connectivity index (χ0v) is 50.3. The fourth-order valence-electron chi connectivity index (χ4n) is 10.4. The van der Waals surface area contributed by atoms with Gasteiger partial charge in [-0.3, -0.25) is 42.9 Å². The summed E-state index contributed by atoms with van der Waals surface area (Å²) >= 11 is 1.25. The zero-order valence-electron chi connectivity index (χ0n) is 48.6. The molecule has 90 heavy (non-hydrogen) atoms. The maximum Gasteiger partial charge on any atom is 0.446 e. The molecule has 3 fully saturated rings. The number of benzene rings is 3. The molecule has 4 heterocycles. The van der Waals surface area contributed by atoms with Crippen molar-refractivity contribution in [1.29, 1.82) is 0 Å². The smallest absolute Gasteiger partial charge is 0.446 e. The maximum absolute atomic E-state index is 14.7. The van der Waals surface area contributed by atoms with Gasteiger partial charge in [0, 0.05) is 48.5 Å². The van der Waals surface area contributed by atoms with E-state index >= 15 is 0 Å². The Hall–Kier alpha value is -8.03. The number of hydrogen-bond donors (Lipinski definition) is 16. The molecule has 490 valence electrons. The summed E-state index contributed by atoms with van der Waals surface area (Å²) < 4.78 is 42.6. The molecule has 3 aromatic carbocycles. The summed E-state index contributed by atoms with van der Waals surface area (Å²) in [6.07, 6.45) is -16.0. The predicted molar refractivity (Wildman–Crippen MR) is 312 cm³/mol. The minimum atomic E-state index is -5.35. The van der Waals surface area contributed by atoms with Crippen molar-refractivity contribution in [2.75, 3.05) is 19.7 Å². The van der Waals surface area contributed by atoms with E-state index in [1.165, 1.54) is 42.5 Å². The van der Waals surface area contributed by atoms with Crippen molar-refractivity contribution in [3.63, 3.8) is 0 Å². The minimum Gasteiger partial charge on any atom is -0.504 e. The molecule has 0 bridgehead atoms. The van der Waals surface area contributed by atoms with Crippen molar-refractivity contribution in [1.82, 2.24) is 46.6 Å². The van der Waals surface area contributed by atoms with Crippen LogP contribution >= 0.6 is 11.3 Å². The summed E-state index contributed by atoms with van der Waals surface area (Å²) in [5, 5.41) is 122. The van der Waals surface area contributed by atoms with Gasteiger partial charge >= 0.3 is 10.4 Å². The first-order valence-corrected chi connectivity index (χ1v) is 30.7. The van der Waals surface area contributed by atoms with E-state index in [4.69, 9.17) is 10.5 Å². The Balaban J connectivity index is 1.22. The van der Waals surface area contributed by atoms with Crippen molar-refractivity contribution in [3.05, 3.63) is 77.9 Å². The van der Waals surface area contributed by atoms with Gasteiger partial charge in [-0.1, -0.05) is 62.6 Å². The lowest BCUT2D eigenvalue weighted by Gasteiger charge is -2.34. The van der Waals surface area contributed by atoms with Crippen molar-refractivity contribution < 1.29 is 106 Å². The summed E-state index contributed by atoms with van der Waals surface area (Å²) in [5.41, 5.74) is 5.95. The Kier molecular flexibility index (Phi) is 23.3. The van der Waals surface area contributed by atoms with Crippen LogP contribution in [-0.2, 0) is 44.0 Å². The second-order valence-corrected chi connectivity index (χ2v) is 24.1. The van der Waals surface area contributed by atoms with E-state index < -0.39 is 198 Å². The molecule has 7 rings (SSSR count). The highest BCUT2D eigenvalue weighted by Crippen LogP contribution is 2.34. The molecule has 3 saturated heterocycles. The molecule has 4 aromatic rings. The lowest BCUT2D eigenvalue weighted by molar-refractivity contribution is -0.149. The van der Waals surface area contributed by atoms with Crippen LogP contribution in [0.2, 0.25) is 0 Å². The van der Waals surface area contributed by atoms with Gasteiger partial charge < -0.3 is 97.0 Å². The van der Waals surface area contributed by atoms with E-state index in [2.05, 4.69) is 37.3 Å². The van der Waals surface area contributed by atoms with E-state index in [0.29, 0.717) is 49.9 Å². The van der Waals surface area contributed by atoms with Gasteiger partial charge in [-0.15, -0.1) is 10.2 Å². The SMILES string of the molecule is CCCCCCOc1ccc(-c2nnc(-c3ccc(C(=O)N[C@H]4C[C@@H](O)[C@@H](O)NC(=O)[C@@H]5[C@@H](O)[C@@H](C)CN5C(=O)[C@H]([C@H](O)CC(N)=O)NC(=O)[C@H]([C@H](O)[C@@H](O)c5ccc(O)c(OS(=O)(=O)O)c5)NC(=O)[C@@H]5C[C@@H](O)CN5C(=O)C([C@@H](C)O)NC4=O)cc3)s2)cc1. The Labute approximate surface area is 518 Å². The number of aromatic nitrogens is 2. The zero-order chi connectivity index (χ0) is 66.1. The first kappa shape index (κ1) is 69.4. The fourth-order valence-corrected chi connectivity index (χ4v) is 11.6. The van der Waals surface area contributed by atoms with Gasteiger partial charge in [0.1, 0.15) is 70.3 Å². The van der Waals surface area contributed by atoms with Gasteiger partial charge in [-0.2, -0.15) is 8.42 Å². The fraction of sp³-hybridized carbons (Fsp3) is 0.500. The highest BCUT2D eigenvalue weighted by Gasteiger charge is 2.51. The van der Waals surface area contributed by atoms with Crippen LogP contribution in [-0.4, -0.2) is 225 Å². The predicted octanol–water partition coefficient (Wildman–Crippen LogP) is -3.65. The van der Waals surface area contributed by atoms with Gasteiger partial charge in [0.05, 0.1) is 37.4 Å². The molecule has 0 saturated carbocycles. The maximum atomic E-state index is 14.7. The molecule has 0 radical (unpaired) electrons. The van der Waals surface area contributed by atoms with Gasteiger partial charge in [0.15, 0.2) is 17.7 Å². The number of hydrogen-bond acceptors (Lipinski definition) is 24. The van der Waals surface area contributed by atoms with Gasteiger partial charge in [-0.05, 0) is 67.4 Å². The molecular formula is C56H72N10O22S2. The average Bonchev–Trinajstić information content (AvgIpc) is 1.62. The Morgan fingerprint density at radius 2 is 1.38 bits per heavy atom. The quantitative estimate of drug-likeness (QED) is 0.0318. The molecule has 34 heteroatoms. The number of nitrogens with one attached hydrogen (secondary N) is 5. The van der Waals surface area contributed by atoms with Gasteiger partial charge in [0.2, 0.25) is 41.4 Å². The van der Waals surface area contributed by atoms with Crippen molar-refractivity contribution >= 4 is 69.0 Å². The van der Waals surface area contributed by atoms with E-state index in [1.807, 2.05) is 34.9 Å². The summed E-state index contributed by atoms with van der Waals surface area (Å²) in [6, 6.07) is 2.16. The summed E-state index contributed by atoms with van der Waals surface area (Å²) in [4.78, 5) is 115. The number of carbonyl (C=O) groups is 8. The number of unbranched alkanes of at least 4 members (excludes halogenated alkanes) is 3. The van der Waals surface area contributed by atoms with Crippen molar-refractivity contribution in [2.24, 2.45) is 11.7 Å². The number of phenolic OH excluding ortho intramolecular Hbond substituents is 1. The first-order chi connectivity index (χ1) is 42.5. The standard InChI is InChI=1S/C56H72N10O22S2/c1-4-5-6-7-18-87-32-15-12-29(13-16-32)54-64-63-53(89-54)28-10-8-27(9-11-28)47(76)58-33-21-37(71)50(79)62-52(81)43-44(73)25(2)23-66(43)56(83)41(36(70)22-39(57)72)60-51(80)42(46(75)45(74)30-14-17-35(69)38(19-30)88-90(84,85)86)61-49(78)34-20-31(68)24-65(34)55(82)40(26(3)67)59-48(33)77/h8-17,19,25-26,31,33-34,36-37,40-46,50,67-71,73-75,79H,4-7,18,20-24H2,1-3H3,(H2,57,72)(H,58,76)(H,59,77)(H,60,80)(H,61,78)(H,62,81)(H,84,85,86)/t25-,26+,31+,33-,34-,36+,37+,40?,41-,42-,43-,44-,45-,46-,50+/m0/s1. The third-order valence-corrected chi connectivity index (χ3v) is 16.7. The van der Waals surface area contributed by atoms with Crippen LogP contribution in [0.1, 0.15) is 87.7 Å². The number of ether oxygens (including phenoxy) is 1. The normalized spacial score (nSPS) is 26.3. The number of rotatable bonds is 19. The number of aromatic hydroxyl groups is 1. The number of nitrogens with zero attached hydrogens (tertiary/aromatic N) is 4. The van der Waals surface area contributed by atoms with Crippen LogP contribution < -0.4 is 41.2 Å². The highest BCUT2D eigenvalue weighted by molar-refractivity contribution is 7.81. The van der Waals surface area contributed by atoms with E-state index in [9.17, 15) is 97.3 Å². The summed E-state index contributed by atoms with van der Waals surface area (Å²) in [5.74, 6) is -13.2. The minimum absolute atomic E-state index is 0.0911. The molecule has 0 aliphatic carbocycles. The van der Waals surface area contributed by atoms with Crippen LogP contribution in [0.3, 0.4) is 0 Å². The Morgan fingerprint density at radius 3 is 1.99 bits per heavy atom. The lowest BCUT2D eigenvalue weighted by atomic mass is 9.96. The Bertz CT molecular complexity index is 3360. The van der Waals surface area contributed by atoms with E-state index in [0.717, 1.165) is 44.2 Å². The molecule has 8 amide bonds. The van der Waals surface area contributed by atoms with Crippen molar-refractivity contribution in [2.45, 2.75) is 151 Å². The molecule has 1 aromatic heterocycles. The Morgan fingerprint density at radius 1 is 0.767 bits per heavy atom. The number of amides is 8. The topological polar surface area (TPSA) is 510 Å². The van der Waals surface area contributed by atoms with E-state index in [-0.39, 0.29) is 5.56 Å². The van der Waals surface area contributed by atoms with Gasteiger partial charge in [0.25, 0.3) is 5.91 Å². The largest absolute Gasteiger partial charge is 0.504 e. The second kappa shape index (κ2) is 30.2. The highest BCUT2D eigenvalue weighted by atomic mass is 32.3. The second-order valence-electron chi connectivity index (χ2n) is 22.1. The lowest BCUT2D eigenvalue weighted by Crippen LogP contribution is -2.64. The van der Waals surface area contributed by atoms with Crippen LogP contribution in [0.15, 0.2) is 66.7 Å². The number of aliphatic hydroxyl groups is 8. The van der Waals surface area contributed by atoms with E-state index in [1.54, 1.807) is 0 Å². The molecule has 0 spiro atoms. The number of phenols is 1. The molecule has 1 unspecified atom stereocenters. The van der Waals surface area contributed by atoms with Gasteiger partial charge in [-0.25, -0.2) is 0 Å².